The molecule has 1 heteroatoms. The molecule has 0 saturated carbocycles. The fourth-order valence-electron chi connectivity index (χ4n) is 1.40. The van der Waals surface area contributed by atoms with Crippen LogP contribution < -0.4 is 0 Å². The van der Waals surface area contributed by atoms with Crippen LogP contribution in [0.5, 0.6) is 0 Å². The van der Waals surface area contributed by atoms with Gasteiger partial charge >= 0.3 is 0 Å². The van der Waals surface area contributed by atoms with Crippen LogP contribution in [0.4, 0.5) is 0 Å². The first kappa shape index (κ1) is 14.2. The molecule has 0 heterocycles. The molecule has 0 aliphatic rings. The summed E-state index contributed by atoms with van der Waals surface area (Å²) in [5, 5.41) is 0. The maximum atomic E-state index is 10.7. The minimum Gasteiger partial charge on any atom is -0.300 e. The second-order valence-electron chi connectivity index (χ2n) is 4.14. The Kier molecular flexibility index (Phi) is 9.15. The molecule has 0 fully saturated rings. The highest BCUT2D eigenvalue weighted by Crippen LogP contribution is 2.12. The quantitative estimate of drug-likeness (QED) is 0.404. The highest BCUT2D eigenvalue weighted by atomic mass is 16.1. The minimum atomic E-state index is 0.222. The van der Waals surface area contributed by atoms with Crippen LogP contribution in [0.1, 0.15) is 58.8 Å². The monoisotopic (exact) mass is 208 g/mol. The summed E-state index contributed by atoms with van der Waals surface area (Å²) in [7, 11) is 0. The van der Waals surface area contributed by atoms with Crippen molar-refractivity contribution >= 4 is 5.78 Å². The molecule has 0 atom stereocenters. The Bertz CT molecular complexity index is 213. The molecular formula is C14H24O. The van der Waals surface area contributed by atoms with Crippen molar-refractivity contribution in [3.63, 3.8) is 0 Å². The Hall–Kier alpha value is -0.850. The molecular weight excluding hydrogens is 184 g/mol. The largest absolute Gasteiger partial charge is 0.300 e. The number of carbonyl (C=O) groups excluding carboxylic acids is 1. The lowest BCUT2D eigenvalue weighted by Crippen LogP contribution is -1.85. The Balaban J connectivity index is 3.40. The van der Waals surface area contributed by atoms with Gasteiger partial charge in [-0.05, 0) is 26.2 Å². The maximum Gasteiger partial charge on any atom is 0.133 e. The third-order valence-electron chi connectivity index (χ3n) is 2.36. The van der Waals surface area contributed by atoms with E-state index in [9.17, 15) is 4.79 Å². The Morgan fingerprint density at radius 3 is 2.40 bits per heavy atom. The van der Waals surface area contributed by atoms with Crippen LogP contribution in [0, 0.1) is 0 Å². The van der Waals surface area contributed by atoms with Gasteiger partial charge in [-0.25, -0.2) is 0 Å². The van der Waals surface area contributed by atoms with E-state index in [0.717, 1.165) is 12.8 Å². The van der Waals surface area contributed by atoms with Crippen molar-refractivity contribution in [3.05, 3.63) is 24.3 Å². The van der Waals surface area contributed by atoms with Crippen LogP contribution in [0.2, 0.25) is 0 Å². The van der Waals surface area contributed by atoms with E-state index in [4.69, 9.17) is 0 Å². The number of allylic oxidation sites excluding steroid dienone is 3. The van der Waals surface area contributed by atoms with Crippen LogP contribution >= 0.6 is 0 Å². The molecule has 0 rings (SSSR count). The zero-order valence-electron chi connectivity index (χ0n) is 10.2. The fraction of sp³-hybridized carbons (Fsp3) is 0.643. The van der Waals surface area contributed by atoms with E-state index in [1.165, 1.54) is 31.3 Å². The van der Waals surface area contributed by atoms with E-state index in [1.54, 1.807) is 6.92 Å². The summed E-state index contributed by atoms with van der Waals surface area (Å²) in [6.45, 7) is 7.87. The first-order valence-electron chi connectivity index (χ1n) is 5.98. The first-order chi connectivity index (χ1) is 7.16. The molecule has 0 N–H and O–H groups in total. The van der Waals surface area contributed by atoms with Crippen LogP contribution in [-0.2, 0) is 4.79 Å². The molecule has 0 amide bonds. The summed E-state index contributed by atoms with van der Waals surface area (Å²) in [5.41, 5.74) is 1.28. The van der Waals surface area contributed by atoms with Gasteiger partial charge in [0.1, 0.15) is 5.78 Å². The minimum absolute atomic E-state index is 0.222. The van der Waals surface area contributed by atoms with E-state index < -0.39 is 0 Å². The molecule has 0 bridgehead atoms. The zero-order valence-corrected chi connectivity index (χ0v) is 10.2. The summed E-state index contributed by atoms with van der Waals surface area (Å²) in [5.74, 6) is 0.222. The van der Waals surface area contributed by atoms with Gasteiger partial charge in [-0.2, -0.15) is 0 Å². The summed E-state index contributed by atoms with van der Waals surface area (Å²) in [4.78, 5) is 10.7. The number of ketones is 1. The van der Waals surface area contributed by atoms with Crippen molar-refractivity contribution in [3.8, 4) is 0 Å². The Labute approximate surface area is 94.3 Å². The molecule has 0 aromatic heterocycles. The van der Waals surface area contributed by atoms with E-state index in [2.05, 4.69) is 19.6 Å². The van der Waals surface area contributed by atoms with Gasteiger partial charge in [-0.3, -0.25) is 4.79 Å². The molecule has 86 valence electrons. The highest BCUT2D eigenvalue weighted by Gasteiger charge is 1.93. The second kappa shape index (κ2) is 9.70. The average Bonchev–Trinajstić information content (AvgIpc) is 2.19. The first-order valence-corrected chi connectivity index (χ1v) is 5.98. The molecule has 0 aromatic rings. The van der Waals surface area contributed by atoms with Crippen LogP contribution in [0.15, 0.2) is 24.3 Å². The van der Waals surface area contributed by atoms with Crippen molar-refractivity contribution in [1.82, 2.24) is 0 Å². The normalized spacial score (nSPS) is 10.8. The Morgan fingerprint density at radius 2 is 1.80 bits per heavy atom. The lowest BCUT2D eigenvalue weighted by molar-refractivity contribution is -0.116. The van der Waals surface area contributed by atoms with Crippen molar-refractivity contribution in [1.29, 1.82) is 0 Å². The molecule has 0 radical (unpaired) electrons. The lowest BCUT2D eigenvalue weighted by atomic mass is 10.1. The third-order valence-corrected chi connectivity index (χ3v) is 2.36. The number of unbranched alkanes of at least 4 members (excludes halogenated alkanes) is 3. The molecule has 0 aromatic carbocycles. The van der Waals surface area contributed by atoms with E-state index >= 15 is 0 Å². The van der Waals surface area contributed by atoms with Gasteiger partial charge in [0.25, 0.3) is 0 Å². The summed E-state index contributed by atoms with van der Waals surface area (Å²) >= 11 is 0. The predicted molar refractivity (Wildman–Crippen MR) is 67.0 cm³/mol. The van der Waals surface area contributed by atoms with E-state index in [-0.39, 0.29) is 5.78 Å². The maximum absolute atomic E-state index is 10.7. The molecule has 0 spiro atoms. The van der Waals surface area contributed by atoms with Crippen molar-refractivity contribution in [2.75, 3.05) is 0 Å². The van der Waals surface area contributed by atoms with Crippen LogP contribution in [-0.4, -0.2) is 5.78 Å². The van der Waals surface area contributed by atoms with Gasteiger partial charge in [0.2, 0.25) is 0 Å². The third kappa shape index (κ3) is 11.1. The number of hydrogen-bond acceptors (Lipinski definition) is 1. The predicted octanol–water partition coefficient (Wildman–Crippen LogP) is 4.44. The SMILES string of the molecule is C=C(C/C=C/CC(C)=O)CCCCCC. The van der Waals surface area contributed by atoms with Gasteiger partial charge in [0.05, 0.1) is 0 Å². The number of Topliss-reactive ketones (excluding diaryl/α,β-unsaturated/α-hetero) is 1. The van der Waals surface area contributed by atoms with E-state index in [0.29, 0.717) is 6.42 Å². The highest BCUT2D eigenvalue weighted by molar-refractivity contribution is 5.76. The fourth-order valence-corrected chi connectivity index (χ4v) is 1.40. The molecule has 0 saturated heterocycles. The Morgan fingerprint density at radius 1 is 1.13 bits per heavy atom. The smallest absolute Gasteiger partial charge is 0.133 e. The standard InChI is InChI=1S/C14H24O/c1-4-5-6-7-10-13(2)11-8-9-12-14(3)15/h8-9H,2,4-7,10-12H2,1,3H3/b9-8+. The van der Waals surface area contributed by atoms with Gasteiger partial charge in [0.15, 0.2) is 0 Å². The van der Waals surface area contributed by atoms with Crippen LogP contribution in [0.3, 0.4) is 0 Å². The summed E-state index contributed by atoms with van der Waals surface area (Å²) in [6, 6.07) is 0. The van der Waals surface area contributed by atoms with Crippen LogP contribution in [0.25, 0.3) is 0 Å². The summed E-state index contributed by atoms with van der Waals surface area (Å²) < 4.78 is 0. The van der Waals surface area contributed by atoms with Gasteiger partial charge in [-0.1, -0.05) is 50.5 Å². The summed E-state index contributed by atoms with van der Waals surface area (Å²) in [6.07, 6.45) is 11.8. The van der Waals surface area contributed by atoms with E-state index in [1.807, 2.05) is 6.08 Å². The second-order valence-corrected chi connectivity index (χ2v) is 4.14. The molecule has 0 unspecified atom stereocenters. The molecule has 1 nitrogen and oxygen atoms in total. The number of carbonyl (C=O) groups is 1. The van der Waals surface area contributed by atoms with Gasteiger partial charge < -0.3 is 0 Å². The van der Waals surface area contributed by atoms with Crippen molar-refractivity contribution in [2.45, 2.75) is 58.8 Å². The molecule has 0 aliphatic carbocycles. The number of hydrogen-bond donors (Lipinski definition) is 0. The lowest BCUT2D eigenvalue weighted by Gasteiger charge is -2.01. The van der Waals surface area contributed by atoms with Crippen molar-refractivity contribution < 1.29 is 4.79 Å². The molecule has 15 heavy (non-hydrogen) atoms. The van der Waals surface area contributed by atoms with Gasteiger partial charge in [0, 0.05) is 6.42 Å². The van der Waals surface area contributed by atoms with Crippen molar-refractivity contribution in [2.24, 2.45) is 0 Å². The topological polar surface area (TPSA) is 17.1 Å². The number of rotatable bonds is 9. The zero-order chi connectivity index (χ0) is 11.5. The molecule has 0 aliphatic heterocycles. The average molecular weight is 208 g/mol. The van der Waals surface area contributed by atoms with Gasteiger partial charge in [-0.15, -0.1) is 0 Å².